The van der Waals surface area contributed by atoms with Gasteiger partial charge >= 0.3 is 6.03 Å². The number of aryl methyl sites for hydroxylation is 1. The van der Waals surface area contributed by atoms with Crippen LogP contribution in [0.4, 0.5) is 10.5 Å². The molecule has 0 bridgehead atoms. The molecule has 0 radical (unpaired) electrons. The summed E-state index contributed by atoms with van der Waals surface area (Å²) in [5.74, 6) is 0.487. The average Bonchev–Trinajstić information content (AvgIpc) is 3.12. The van der Waals surface area contributed by atoms with E-state index in [1.807, 2.05) is 12.1 Å². The number of carbonyl (C=O) groups is 1. The first-order chi connectivity index (χ1) is 12.6. The topological polar surface area (TPSA) is 47.6 Å². The van der Waals surface area contributed by atoms with Crippen molar-refractivity contribution in [1.29, 1.82) is 0 Å². The monoisotopic (exact) mass is 378 g/mol. The zero-order chi connectivity index (χ0) is 18.4. The average molecular weight is 379 g/mol. The highest BCUT2D eigenvalue weighted by molar-refractivity contribution is 6.30. The van der Waals surface area contributed by atoms with Gasteiger partial charge in [-0.1, -0.05) is 24.1 Å². The summed E-state index contributed by atoms with van der Waals surface area (Å²) >= 11 is 6.14. The number of urea groups is 1. The minimum Gasteiger partial charge on any atom is -0.371 e. The van der Waals surface area contributed by atoms with Crippen LogP contribution in [0, 0.1) is 12.8 Å². The first-order valence-corrected chi connectivity index (χ1v) is 10.2. The van der Waals surface area contributed by atoms with Crippen molar-refractivity contribution in [2.24, 2.45) is 5.92 Å². The molecule has 0 aromatic heterocycles. The van der Waals surface area contributed by atoms with Gasteiger partial charge in [0.2, 0.25) is 0 Å². The number of nitrogens with one attached hydrogen (secondary N) is 2. The van der Waals surface area contributed by atoms with Crippen molar-refractivity contribution >= 4 is 23.3 Å². The van der Waals surface area contributed by atoms with Gasteiger partial charge in [-0.3, -0.25) is 0 Å². The van der Waals surface area contributed by atoms with Crippen molar-refractivity contribution < 1.29 is 4.79 Å². The molecule has 1 atom stereocenters. The fraction of sp³-hybridized carbons (Fsp3) is 0.650. The number of carbonyl (C=O) groups excluding carboxylic acids is 1. The number of piperidine rings is 1. The number of hydrogen-bond donors (Lipinski definition) is 2. The normalized spacial score (nSPS) is 21.0. The van der Waals surface area contributed by atoms with E-state index in [4.69, 9.17) is 11.6 Å². The van der Waals surface area contributed by atoms with E-state index in [2.05, 4.69) is 33.4 Å². The minimum absolute atomic E-state index is 0.0422. The third-order valence-electron chi connectivity index (χ3n) is 5.51. The Labute approximate surface area is 162 Å². The maximum atomic E-state index is 12.0. The van der Waals surface area contributed by atoms with Gasteiger partial charge in [0, 0.05) is 43.4 Å². The van der Waals surface area contributed by atoms with Crippen LogP contribution < -0.4 is 15.5 Å². The summed E-state index contributed by atoms with van der Waals surface area (Å²) in [5.41, 5.74) is 2.46. The van der Waals surface area contributed by atoms with E-state index in [1.165, 1.54) is 43.6 Å². The standard InChI is InChI=1S/C20H31ClN4O/c1-16-5-6-18(21)13-19(16)25-11-7-17(15-25)14-23-20(26)22-8-12-24-9-3-2-4-10-24/h5-6,13,17H,2-4,7-12,14-15H2,1H3,(H2,22,23,26)/t17-/m1/s1. The molecule has 2 amide bonds. The zero-order valence-corrected chi connectivity index (χ0v) is 16.5. The Morgan fingerprint density at radius 3 is 2.81 bits per heavy atom. The zero-order valence-electron chi connectivity index (χ0n) is 15.8. The minimum atomic E-state index is -0.0422. The van der Waals surface area contributed by atoms with Crippen molar-refractivity contribution in [2.45, 2.75) is 32.6 Å². The van der Waals surface area contributed by atoms with E-state index in [0.29, 0.717) is 5.92 Å². The number of hydrogen-bond acceptors (Lipinski definition) is 3. The summed E-state index contributed by atoms with van der Waals surface area (Å²) in [7, 11) is 0. The second-order valence-corrected chi connectivity index (χ2v) is 8.01. The molecule has 2 aliphatic heterocycles. The van der Waals surface area contributed by atoms with E-state index >= 15 is 0 Å². The number of rotatable bonds is 6. The summed E-state index contributed by atoms with van der Waals surface area (Å²) in [6, 6.07) is 6.00. The SMILES string of the molecule is Cc1ccc(Cl)cc1N1CC[C@H](CNC(=O)NCCN2CCCCC2)C1. The van der Waals surface area contributed by atoms with E-state index in [1.54, 1.807) is 0 Å². The van der Waals surface area contributed by atoms with Gasteiger partial charge < -0.3 is 20.4 Å². The molecule has 1 aromatic rings. The van der Waals surface area contributed by atoms with Crippen molar-refractivity contribution in [2.75, 3.05) is 50.7 Å². The lowest BCUT2D eigenvalue weighted by Gasteiger charge is -2.26. The highest BCUT2D eigenvalue weighted by Gasteiger charge is 2.24. The van der Waals surface area contributed by atoms with Crippen LogP contribution in [0.5, 0.6) is 0 Å². The number of nitrogens with zero attached hydrogens (tertiary/aromatic N) is 2. The molecule has 1 aromatic carbocycles. The van der Waals surface area contributed by atoms with Gasteiger partial charge in [-0.05, 0) is 62.9 Å². The van der Waals surface area contributed by atoms with Crippen LogP contribution in [0.25, 0.3) is 0 Å². The second kappa shape index (κ2) is 9.47. The molecule has 2 N–H and O–H groups in total. The smallest absolute Gasteiger partial charge is 0.314 e. The van der Waals surface area contributed by atoms with Gasteiger partial charge in [0.05, 0.1) is 0 Å². The lowest BCUT2D eigenvalue weighted by molar-refractivity contribution is 0.220. The molecule has 26 heavy (non-hydrogen) atoms. The number of benzene rings is 1. The van der Waals surface area contributed by atoms with Crippen LogP contribution in [0.2, 0.25) is 5.02 Å². The molecule has 0 aliphatic carbocycles. The molecule has 2 fully saturated rings. The van der Waals surface area contributed by atoms with E-state index in [9.17, 15) is 4.79 Å². The van der Waals surface area contributed by atoms with Gasteiger partial charge in [-0.2, -0.15) is 0 Å². The molecule has 2 aliphatic rings. The molecule has 3 rings (SSSR count). The van der Waals surface area contributed by atoms with Crippen molar-refractivity contribution in [3.8, 4) is 0 Å². The molecular weight excluding hydrogens is 348 g/mol. The number of likely N-dealkylation sites (tertiary alicyclic amines) is 1. The maximum absolute atomic E-state index is 12.0. The van der Waals surface area contributed by atoms with Gasteiger partial charge in [-0.25, -0.2) is 4.79 Å². The van der Waals surface area contributed by atoms with Gasteiger partial charge in [-0.15, -0.1) is 0 Å². The summed E-state index contributed by atoms with van der Waals surface area (Å²) in [6.07, 6.45) is 5.02. The Bertz CT molecular complexity index is 603. The summed E-state index contributed by atoms with van der Waals surface area (Å²) < 4.78 is 0. The van der Waals surface area contributed by atoms with Crippen LogP contribution in [0.1, 0.15) is 31.2 Å². The number of anilines is 1. The van der Waals surface area contributed by atoms with E-state index in [0.717, 1.165) is 44.2 Å². The Balaban J connectivity index is 1.35. The van der Waals surface area contributed by atoms with Crippen LogP contribution in [-0.2, 0) is 0 Å². The lowest BCUT2D eigenvalue weighted by Crippen LogP contribution is -2.43. The highest BCUT2D eigenvalue weighted by Crippen LogP contribution is 2.29. The maximum Gasteiger partial charge on any atom is 0.314 e. The Morgan fingerprint density at radius 1 is 1.19 bits per heavy atom. The van der Waals surface area contributed by atoms with Crippen molar-refractivity contribution in [3.63, 3.8) is 0 Å². The fourth-order valence-electron chi connectivity index (χ4n) is 3.95. The molecule has 2 saturated heterocycles. The van der Waals surface area contributed by atoms with Crippen LogP contribution in [0.15, 0.2) is 18.2 Å². The van der Waals surface area contributed by atoms with Crippen LogP contribution >= 0.6 is 11.6 Å². The molecule has 0 spiro atoms. The predicted octanol–water partition coefficient (Wildman–Crippen LogP) is 3.26. The first kappa shape index (κ1) is 19.3. The van der Waals surface area contributed by atoms with E-state index < -0.39 is 0 Å². The van der Waals surface area contributed by atoms with Crippen molar-refractivity contribution in [3.05, 3.63) is 28.8 Å². The molecule has 6 heteroatoms. The molecule has 5 nitrogen and oxygen atoms in total. The molecule has 2 heterocycles. The molecule has 144 valence electrons. The Morgan fingerprint density at radius 2 is 2.00 bits per heavy atom. The van der Waals surface area contributed by atoms with E-state index in [-0.39, 0.29) is 6.03 Å². The summed E-state index contributed by atoms with van der Waals surface area (Å²) in [6.45, 7) is 8.86. The third kappa shape index (κ3) is 5.52. The quantitative estimate of drug-likeness (QED) is 0.798. The summed E-state index contributed by atoms with van der Waals surface area (Å²) in [4.78, 5) is 16.8. The van der Waals surface area contributed by atoms with Crippen LogP contribution in [0.3, 0.4) is 0 Å². The highest BCUT2D eigenvalue weighted by atomic mass is 35.5. The van der Waals surface area contributed by atoms with Gasteiger partial charge in [0.1, 0.15) is 0 Å². The Kier molecular flexibility index (Phi) is 7.03. The number of halogens is 1. The summed E-state index contributed by atoms with van der Waals surface area (Å²) in [5, 5.41) is 6.81. The largest absolute Gasteiger partial charge is 0.371 e. The number of amides is 2. The van der Waals surface area contributed by atoms with Crippen molar-refractivity contribution in [1.82, 2.24) is 15.5 Å². The fourth-order valence-corrected chi connectivity index (χ4v) is 4.12. The third-order valence-corrected chi connectivity index (χ3v) is 5.75. The first-order valence-electron chi connectivity index (χ1n) is 9.87. The molecule has 0 saturated carbocycles. The lowest BCUT2D eigenvalue weighted by atomic mass is 10.1. The predicted molar refractivity (Wildman–Crippen MR) is 108 cm³/mol. The van der Waals surface area contributed by atoms with Gasteiger partial charge in [0.15, 0.2) is 0 Å². The Hall–Kier alpha value is -1.46. The van der Waals surface area contributed by atoms with Crippen LogP contribution in [-0.4, -0.2) is 56.7 Å². The second-order valence-electron chi connectivity index (χ2n) is 7.57. The van der Waals surface area contributed by atoms with Gasteiger partial charge in [0.25, 0.3) is 0 Å². The molecular formula is C20H31ClN4O. The molecule has 0 unspecified atom stereocenters.